The molecule has 3 nitrogen and oxygen atoms in total. The average Bonchev–Trinajstić information content (AvgIpc) is 2.86. The second-order valence-electron chi connectivity index (χ2n) is 12.4. The maximum absolute atomic E-state index is 12.1. The summed E-state index contributed by atoms with van der Waals surface area (Å²) in [5.41, 5.74) is 6.54. The molecule has 4 bridgehead atoms. The maximum atomic E-state index is 12.1. The number of hydrogen-bond donors (Lipinski definition) is 1. The Labute approximate surface area is 220 Å². The van der Waals surface area contributed by atoms with Crippen molar-refractivity contribution in [2.45, 2.75) is 76.5 Å². The fourth-order valence-electron chi connectivity index (χ4n) is 8.56. The molecular formula is C34H38O3. The van der Waals surface area contributed by atoms with E-state index in [2.05, 4.69) is 36.4 Å². The zero-order valence-electron chi connectivity index (χ0n) is 22.1. The Hall–Kier alpha value is -2.78. The topological polar surface area (TPSA) is 54.4 Å². The molecule has 4 fully saturated rings. The standard InChI is InChI=1S/C34H38O3/c1-21(36)33(22(2)37)31-10-9-27-15-28(7-8-29(27)16-31)30-6-5-26(4-3-11-35)32(17-30)34-18-23-12-24(19-34)14-25(13-23)20-34/h5-10,15-17,23-25,33,35H,3-4,11-14,18-20H2,1-2H3. The predicted octanol–water partition coefficient (Wildman–Crippen LogP) is 7.16. The van der Waals surface area contributed by atoms with Crippen LogP contribution in [-0.2, 0) is 21.4 Å². The van der Waals surface area contributed by atoms with Gasteiger partial charge in [-0.3, -0.25) is 9.59 Å². The van der Waals surface area contributed by atoms with E-state index in [9.17, 15) is 14.7 Å². The fourth-order valence-corrected chi connectivity index (χ4v) is 8.56. The van der Waals surface area contributed by atoms with Crippen molar-refractivity contribution < 1.29 is 14.7 Å². The third kappa shape index (κ3) is 4.46. The highest BCUT2D eigenvalue weighted by atomic mass is 16.3. The lowest BCUT2D eigenvalue weighted by atomic mass is 9.47. The number of ketones is 2. The molecule has 37 heavy (non-hydrogen) atoms. The molecule has 3 aromatic rings. The summed E-state index contributed by atoms with van der Waals surface area (Å²) in [5.74, 6) is 1.78. The van der Waals surface area contributed by atoms with Crippen molar-refractivity contribution in [3.05, 3.63) is 71.3 Å². The summed E-state index contributed by atoms with van der Waals surface area (Å²) in [6.07, 6.45) is 10.1. The Bertz CT molecular complexity index is 1320. The zero-order valence-corrected chi connectivity index (χ0v) is 22.1. The number of Topliss-reactive ketones (excluding diaryl/α,β-unsaturated/α-hetero) is 2. The van der Waals surface area contributed by atoms with E-state index in [1.54, 1.807) is 5.56 Å². The number of aryl methyl sites for hydroxylation is 1. The van der Waals surface area contributed by atoms with Crippen LogP contribution in [0.5, 0.6) is 0 Å². The number of aliphatic hydroxyl groups excluding tert-OH is 1. The lowest BCUT2D eigenvalue weighted by Crippen LogP contribution is -2.49. The molecule has 0 amide bonds. The lowest BCUT2D eigenvalue weighted by molar-refractivity contribution is -0.126. The van der Waals surface area contributed by atoms with Crippen molar-refractivity contribution in [2.75, 3.05) is 6.61 Å². The normalized spacial score (nSPS) is 26.2. The Morgan fingerprint density at radius 1 is 0.811 bits per heavy atom. The van der Waals surface area contributed by atoms with Gasteiger partial charge in [-0.2, -0.15) is 0 Å². The number of fused-ring (bicyclic) bond motifs is 1. The first-order valence-corrected chi connectivity index (χ1v) is 14.1. The molecule has 4 aliphatic carbocycles. The van der Waals surface area contributed by atoms with Gasteiger partial charge in [0.25, 0.3) is 0 Å². The van der Waals surface area contributed by atoms with Gasteiger partial charge in [0.05, 0.1) is 0 Å². The van der Waals surface area contributed by atoms with E-state index in [1.165, 1.54) is 69.1 Å². The minimum Gasteiger partial charge on any atom is -0.396 e. The Morgan fingerprint density at radius 3 is 2.00 bits per heavy atom. The third-order valence-electron chi connectivity index (χ3n) is 9.67. The van der Waals surface area contributed by atoms with Gasteiger partial charge in [-0.25, -0.2) is 0 Å². The number of benzene rings is 3. The van der Waals surface area contributed by atoms with Gasteiger partial charge < -0.3 is 5.11 Å². The highest BCUT2D eigenvalue weighted by molar-refractivity contribution is 6.06. The van der Waals surface area contributed by atoms with Crippen LogP contribution < -0.4 is 0 Å². The summed E-state index contributed by atoms with van der Waals surface area (Å²) < 4.78 is 0. The quantitative estimate of drug-likeness (QED) is 0.338. The van der Waals surface area contributed by atoms with Gasteiger partial charge in [0, 0.05) is 6.61 Å². The van der Waals surface area contributed by atoms with Crippen LogP contribution in [0, 0.1) is 17.8 Å². The average molecular weight is 495 g/mol. The molecule has 0 aliphatic heterocycles. The van der Waals surface area contributed by atoms with Crippen LogP contribution in [0.3, 0.4) is 0 Å². The first-order chi connectivity index (χ1) is 17.8. The molecule has 3 heteroatoms. The number of carbonyl (C=O) groups is 2. The number of rotatable bonds is 8. The zero-order chi connectivity index (χ0) is 25.7. The molecule has 192 valence electrons. The summed E-state index contributed by atoms with van der Waals surface area (Å²) in [6.45, 7) is 3.22. The molecule has 0 unspecified atom stereocenters. The van der Waals surface area contributed by atoms with Gasteiger partial charge in [-0.1, -0.05) is 42.5 Å². The minimum absolute atomic E-state index is 0.109. The largest absolute Gasteiger partial charge is 0.396 e. The van der Waals surface area contributed by atoms with Crippen molar-refractivity contribution in [1.29, 1.82) is 0 Å². The summed E-state index contributed by atoms with van der Waals surface area (Å²) in [4.78, 5) is 24.2. The monoisotopic (exact) mass is 494 g/mol. The van der Waals surface area contributed by atoms with Crippen LogP contribution in [0.2, 0.25) is 0 Å². The molecule has 0 radical (unpaired) electrons. The molecule has 3 aromatic carbocycles. The summed E-state index contributed by atoms with van der Waals surface area (Å²) in [5, 5.41) is 11.7. The summed E-state index contributed by atoms with van der Waals surface area (Å²) in [7, 11) is 0. The van der Waals surface area contributed by atoms with Crippen LogP contribution in [-0.4, -0.2) is 23.3 Å². The van der Waals surface area contributed by atoms with Crippen molar-refractivity contribution in [2.24, 2.45) is 17.8 Å². The van der Waals surface area contributed by atoms with E-state index in [0.29, 0.717) is 5.41 Å². The van der Waals surface area contributed by atoms with Crippen molar-refractivity contribution >= 4 is 22.3 Å². The lowest BCUT2D eigenvalue weighted by Gasteiger charge is -2.57. The van der Waals surface area contributed by atoms with Gasteiger partial charge in [0.2, 0.25) is 0 Å². The van der Waals surface area contributed by atoms with Gasteiger partial charge in [0.15, 0.2) is 0 Å². The second kappa shape index (κ2) is 9.51. The summed E-state index contributed by atoms with van der Waals surface area (Å²) in [6, 6.07) is 19.6. The van der Waals surface area contributed by atoms with Crippen LogP contribution in [0.25, 0.3) is 21.9 Å². The fraction of sp³-hybridized carbons (Fsp3) is 0.471. The van der Waals surface area contributed by atoms with Crippen molar-refractivity contribution in [3.63, 3.8) is 0 Å². The van der Waals surface area contributed by atoms with E-state index in [-0.39, 0.29) is 18.2 Å². The van der Waals surface area contributed by atoms with Crippen LogP contribution >= 0.6 is 0 Å². The van der Waals surface area contributed by atoms with Crippen molar-refractivity contribution in [1.82, 2.24) is 0 Å². The first kappa shape index (κ1) is 24.6. The summed E-state index contributed by atoms with van der Waals surface area (Å²) >= 11 is 0. The third-order valence-corrected chi connectivity index (χ3v) is 9.67. The number of hydrogen-bond acceptors (Lipinski definition) is 3. The van der Waals surface area contributed by atoms with Gasteiger partial charge in [-0.15, -0.1) is 0 Å². The highest BCUT2D eigenvalue weighted by Gasteiger charge is 2.52. The predicted molar refractivity (Wildman–Crippen MR) is 149 cm³/mol. The van der Waals surface area contributed by atoms with E-state index >= 15 is 0 Å². The molecule has 1 N–H and O–H groups in total. The molecule has 4 aliphatic rings. The van der Waals surface area contributed by atoms with Gasteiger partial charge >= 0.3 is 0 Å². The molecule has 0 atom stereocenters. The molecule has 4 saturated carbocycles. The first-order valence-electron chi connectivity index (χ1n) is 14.1. The Kier molecular flexibility index (Phi) is 6.31. The molecule has 0 aromatic heterocycles. The van der Waals surface area contributed by atoms with Gasteiger partial charge in [-0.05, 0) is 139 Å². The Balaban J connectivity index is 1.38. The highest BCUT2D eigenvalue weighted by Crippen LogP contribution is 2.61. The van der Waals surface area contributed by atoms with Crippen LogP contribution in [0.15, 0.2) is 54.6 Å². The number of aliphatic hydroxyl groups is 1. The minimum atomic E-state index is -0.682. The van der Waals surface area contributed by atoms with E-state index in [0.717, 1.165) is 46.9 Å². The molecule has 0 spiro atoms. The number of carbonyl (C=O) groups excluding carboxylic acids is 2. The van der Waals surface area contributed by atoms with E-state index in [4.69, 9.17) is 0 Å². The maximum Gasteiger partial charge on any atom is 0.144 e. The van der Waals surface area contributed by atoms with Crippen molar-refractivity contribution in [3.8, 4) is 11.1 Å². The SMILES string of the molecule is CC(=O)C(C(C)=O)c1ccc2cc(-c3ccc(CCCO)c(C45CC6CC(CC(C6)C4)C5)c3)ccc2c1. The molecule has 0 saturated heterocycles. The smallest absolute Gasteiger partial charge is 0.144 e. The molecule has 7 rings (SSSR count). The molecular weight excluding hydrogens is 456 g/mol. The molecule has 0 heterocycles. The second-order valence-corrected chi connectivity index (χ2v) is 12.4. The van der Waals surface area contributed by atoms with Gasteiger partial charge in [0.1, 0.15) is 17.5 Å². The van der Waals surface area contributed by atoms with E-state index < -0.39 is 5.92 Å². The van der Waals surface area contributed by atoms with E-state index in [1.807, 2.05) is 18.2 Å². The Morgan fingerprint density at radius 2 is 1.38 bits per heavy atom. The van der Waals surface area contributed by atoms with Crippen LogP contribution in [0.1, 0.15) is 81.4 Å². The van der Waals surface area contributed by atoms with Crippen LogP contribution in [0.4, 0.5) is 0 Å².